The van der Waals surface area contributed by atoms with Crippen molar-refractivity contribution in [3.63, 3.8) is 0 Å². The molecule has 9 heteroatoms. The molecule has 3 rings (SSSR count). The zero-order valence-electron chi connectivity index (χ0n) is 18.8. The van der Waals surface area contributed by atoms with Crippen molar-refractivity contribution in [2.45, 2.75) is 18.7 Å². The van der Waals surface area contributed by atoms with E-state index in [4.69, 9.17) is 9.47 Å². The number of aryl methyl sites for hydroxylation is 1. The maximum Gasteiger partial charge on any atom is 0.264 e. The molecule has 0 unspecified atom stereocenters. The average Bonchev–Trinajstić information content (AvgIpc) is 2.80. The Morgan fingerprint density at radius 3 is 2.27 bits per heavy atom. The number of benzene rings is 3. The lowest BCUT2D eigenvalue weighted by molar-refractivity contribution is -0.114. The summed E-state index contributed by atoms with van der Waals surface area (Å²) >= 11 is 0. The number of halogens is 1. The molecule has 0 aromatic heterocycles. The molecule has 0 aliphatic carbocycles. The van der Waals surface area contributed by atoms with E-state index in [1.165, 1.54) is 44.6 Å². The minimum atomic E-state index is -4.22. The Labute approximate surface area is 192 Å². The van der Waals surface area contributed by atoms with Gasteiger partial charge in [-0.05, 0) is 67.4 Å². The van der Waals surface area contributed by atoms with Crippen LogP contribution in [0.25, 0.3) is 0 Å². The zero-order valence-corrected chi connectivity index (χ0v) is 19.6. The van der Waals surface area contributed by atoms with Crippen molar-refractivity contribution in [1.29, 1.82) is 0 Å². The van der Waals surface area contributed by atoms with Gasteiger partial charge in [-0.3, -0.25) is 9.10 Å². The molecule has 7 nitrogen and oxygen atoms in total. The lowest BCUT2D eigenvalue weighted by Gasteiger charge is -2.25. The van der Waals surface area contributed by atoms with Crippen molar-refractivity contribution in [2.75, 3.05) is 30.4 Å². The topological polar surface area (TPSA) is 84.9 Å². The fourth-order valence-corrected chi connectivity index (χ4v) is 4.67. The minimum Gasteiger partial charge on any atom is -0.493 e. The van der Waals surface area contributed by atoms with Gasteiger partial charge in [-0.15, -0.1) is 0 Å². The fraction of sp³-hybridized carbons (Fsp3) is 0.208. The third-order valence-electron chi connectivity index (χ3n) is 5.22. The van der Waals surface area contributed by atoms with E-state index < -0.39 is 28.3 Å². The second-order valence-corrected chi connectivity index (χ2v) is 9.16. The molecular formula is C24H25FN2O5S. The van der Waals surface area contributed by atoms with Gasteiger partial charge in [0, 0.05) is 11.8 Å². The Hall–Kier alpha value is -3.59. The molecule has 33 heavy (non-hydrogen) atoms. The summed E-state index contributed by atoms with van der Waals surface area (Å²) in [4.78, 5) is 12.8. The molecule has 174 valence electrons. The van der Waals surface area contributed by atoms with E-state index in [9.17, 15) is 17.6 Å². The lowest BCUT2D eigenvalue weighted by Crippen LogP contribution is -2.38. The van der Waals surface area contributed by atoms with E-state index in [1.54, 1.807) is 12.1 Å². The molecule has 0 radical (unpaired) electrons. The number of methoxy groups -OCH3 is 2. The molecule has 0 aliphatic heterocycles. The van der Waals surface area contributed by atoms with Gasteiger partial charge in [-0.25, -0.2) is 12.8 Å². The highest BCUT2D eigenvalue weighted by molar-refractivity contribution is 7.92. The van der Waals surface area contributed by atoms with Crippen LogP contribution in [0, 0.1) is 19.7 Å². The van der Waals surface area contributed by atoms with Crippen LogP contribution in [0.2, 0.25) is 0 Å². The van der Waals surface area contributed by atoms with Gasteiger partial charge in [-0.1, -0.05) is 12.1 Å². The summed E-state index contributed by atoms with van der Waals surface area (Å²) in [5, 5.41) is 2.76. The lowest BCUT2D eigenvalue weighted by atomic mass is 10.1. The van der Waals surface area contributed by atoms with Crippen LogP contribution in [0.1, 0.15) is 11.1 Å². The number of amides is 1. The molecule has 1 amide bonds. The number of carbonyl (C=O) groups excluding carboxylic acids is 1. The molecule has 0 bridgehead atoms. The molecule has 0 atom stereocenters. The van der Waals surface area contributed by atoms with E-state index in [0.717, 1.165) is 27.6 Å². The predicted molar refractivity (Wildman–Crippen MR) is 125 cm³/mol. The monoisotopic (exact) mass is 472 g/mol. The van der Waals surface area contributed by atoms with Crippen LogP contribution in [0.15, 0.2) is 65.6 Å². The van der Waals surface area contributed by atoms with E-state index in [0.29, 0.717) is 11.4 Å². The Balaban J connectivity index is 2.00. The number of anilines is 2. The van der Waals surface area contributed by atoms with Gasteiger partial charge in [0.1, 0.15) is 12.4 Å². The van der Waals surface area contributed by atoms with Gasteiger partial charge in [0.15, 0.2) is 11.5 Å². The van der Waals surface area contributed by atoms with Gasteiger partial charge >= 0.3 is 0 Å². The van der Waals surface area contributed by atoms with Crippen LogP contribution in [0.3, 0.4) is 0 Å². The second-order valence-electron chi connectivity index (χ2n) is 7.30. The van der Waals surface area contributed by atoms with E-state index in [2.05, 4.69) is 5.32 Å². The maximum absolute atomic E-state index is 13.6. The van der Waals surface area contributed by atoms with Gasteiger partial charge in [0.05, 0.1) is 24.8 Å². The standard InChI is InChI=1S/C24H25FN2O5S/c1-16-6-5-7-21(17(16)2)26-24(28)15-27(19-10-8-18(25)9-11-19)33(29,30)20-12-13-22(31-3)23(14-20)32-4/h5-14H,15H2,1-4H3,(H,26,28). The number of nitrogens with one attached hydrogen (secondary N) is 1. The first-order valence-corrected chi connectivity index (χ1v) is 11.5. The van der Waals surface area contributed by atoms with Crippen molar-refractivity contribution in [3.8, 4) is 11.5 Å². The Bertz CT molecular complexity index is 1260. The fourth-order valence-electron chi connectivity index (χ4n) is 3.23. The average molecular weight is 473 g/mol. The highest BCUT2D eigenvalue weighted by Crippen LogP contribution is 2.32. The van der Waals surface area contributed by atoms with Crippen molar-refractivity contribution < 1.29 is 27.1 Å². The number of carbonyl (C=O) groups is 1. The molecule has 3 aromatic carbocycles. The van der Waals surface area contributed by atoms with E-state index >= 15 is 0 Å². The van der Waals surface area contributed by atoms with E-state index in [1.807, 2.05) is 19.9 Å². The Morgan fingerprint density at radius 2 is 1.64 bits per heavy atom. The first-order valence-electron chi connectivity index (χ1n) is 10.0. The molecule has 0 saturated carbocycles. The smallest absolute Gasteiger partial charge is 0.264 e. The summed E-state index contributed by atoms with van der Waals surface area (Å²) in [5.74, 6) is -0.492. The third-order valence-corrected chi connectivity index (χ3v) is 6.99. The second kappa shape index (κ2) is 9.91. The van der Waals surface area contributed by atoms with Crippen molar-refractivity contribution >= 4 is 27.3 Å². The van der Waals surface area contributed by atoms with Gasteiger partial charge in [0.25, 0.3) is 10.0 Å². The van der Waals surface area contributed by atoms with Crippen LogP contribution in [0.4, 0.5) is 15.8 Å². The number of nitrogens with zero attached hydrogens (tertiary/aromatic N) is 1. The van der Waals surface area contributed by atoms with Crippen LogP contribution < -0.4 is 19.1 Å². The largest absolute Gasteiger partial charge is 0.493 e. The summed E-state index contributed by atoms with van der Waals surface area (Å²) in [7, 11) is -1.38. The Morgan fingerprint density at radius 1 is 0.970 bits per heavy atom. The minimum absolute atomic E-state index is 0.107. The first kappa shape index (κ1) is 24.1. The number of hydrogen-bond acceptors (Lipinski definition) is 5. The highest BCUT2D eigenvalue weighted by atomic mass is 32.2. The molecule has 0 spiro atoms. The maximum atomic E-state index is 13.6. The van der Waals surface area contributed by atoms with Gasteiger partial charge in [-0.2, -0.15) is 0 Å². The molecule has 3 aromatic rings. The molecular weight excluding hydrogens is 447 g/mol. The van der Waals surface area contributed by atoms with Crippen LogP contribution in [0.5, 0.6) is 11.5 Å². The summed E-state index contributed by atoms with van der Waals surface area (Å²) in [6.07, 6.45) is 0. The molecule has 0 heterocycles. The SMILES string of the molecule is COc1ccc(S(=O)(=O)N(CC(=O)Nc2cccc(C)c2C)c2ccc(F)cc2)cc1OC. The highest BCUT2D eigenvalue weighted by Gasteiger charge is 2.28. The summed E-state index contributed by atoms with van der Waals surface area (Å²) < 4.78 is 51.9. The Kier molecular flexibility index (Phi) is 7.23. The van der Waals surface area contributed by atoms with Crippen LogP contribution in [-0.2, 0) is 14.8 Å². The first-order chi connectivity index (χ1) is 15.7. The predicted octanol–water partition coefficient (Wildman–Crippen LogP) is 4.29. The van der Waals surface area contributed by atoms with Crippen molar-refractivity contribution in [1.82, 2.24) is 0 Å². The molecule has 0 saturated heterocycles. The van der Waals surface area contributed by atoms with Crippen molar-refractivity contribution in [2.24, 2.45) is 0 Å². The van der Waals surface area contributed by atoms with Crippen molar-refractivity contribution in [3.05, 3.63) is 77.6 Å². The van der Waals surface area contributed by atoms with Gasteiger partial charge in [0.2, 0.25) is 5.91 Å². The summed E-state index contributed by atoms with van der Waals surface area (Å²) in [6, 6.07) is 14.5. The summed E-state index contributed by atoms with van der Waals surface area (Å²) in [6.45, 7) is 3.26. The summed E-state index contributed by atoms with van der Waals surface area (Å²) in [5.41, 5.74) is 2.59. The molecule has 0 fully saturated rings. The zero-order chi connectivity index (χ0) is 24.2. The van der Waals surface area contributed by atoms with Gasteiger partial charge < -0.3 is 14.8 Å². The number of sulfonamides is 1. The van der Waals surface area contributed by atoms with Crippen LogP contribution in [-0.4, -0.2) is 35.1 Å². The van der Waals surface area contributed by atoms with Crippen LogP contribution >= 0.6 is 0 Å². The number of ether oxygens (including phenoxy) is 2. The molecule has 1 N–H and O–H groups in total. The quantitative estimate of drug-likeness (QED) is 0.529. The molecule has 0 aliphatic rings. The normalized spacial score (nSPS) is 11.1. The number of rotatable bonds is 8. The third kappa shape index (κ3) is 5.25. The van der Waals surface area contributed by atoms with E-state index in [-0.39, 0.29) is 16.3 Å². The number of hydrogen-bond donors (Lipinski definition) is 1.